The van der Waals surface area contributed by atoms with Gasteiger partial charge in [0.15, 0.2) is 0 Å². The number of benzene rings is 1. The lowest BCUT2D eigenvalue weighted by atomic mass is 9.71. The summed E-state index contributed by atoms with van der Waals surface area (Å²) >= 11 is 0. The van der Waals surface area contributed by atoms with Gasteiger partial charge in [-0.15, -0.1) is 0 Å². The Kier molecular flexibility index (Phi) is 6.49. The number of likely N-dealkylation sites (tertiary alicyclic amines) is 3. The highest BCUT2D eigenvalue weighted by Gasteiger charge is 2.49. The summed E-state index contributed by atoms with van der Waals surface area (Å²) in [5.41, 5.74) is 3.52. The lowest BCUT2D eigenvalue weighted by molar-refractivity contribution is -0.149. The van der Waals surface area contributed by atoms with E-state index >= 15 is 0 Å². The molecule has 3 atom stereocenters. The molecule has 2 aromatic rings. The minimum atomic E-state index is -0.243. The van der Waals surface area contributed by atoms with E-state index in [-0.39, 0.29) is 23.3 Å². The Morgan fingerprint density at radius 1 is 0.973 bits per heavy atom. The second kappa shape index (κ2) is 9.80. The van der Waals surface area contributed by atoms with E-state index in [0.717, 1.165) is 76.5 Å². The number of aromatic nitrogens is 2. The number of aryl methyl sites for hydroxylation is 2. The first-order valence-corrected chi connectivity index (χ1v) is 13.7. The van der Waals surface area contributed by atoms with Gasteiger partial charge >= 0.3 is 0 Å². The van der Waals surface area contributed by atoms with E-state index in [9.17, 15) is 9.59 Å². The van der Waals surface area contributed by atoms with Gasteiger partial charge in [-0.25, -0.2) is 9.97 Å². The van der Waals surface area contributed by atoms with Crippen molar-refractivity contribution in [1.29, 1.82) is 0 Å². The van der Waals surface area contributed by atoms with Crippen LogP contribution in [0, 0.1) is 25.7 Å². The number of nitrogens with zero attached hydrogens (tertiary/aromatic N) is 5. The van der Waals surface area contributed by atoms with Gasteiger partial charge in [0.05, 0.1) is 17.0 Å². The Morgan fingerprint density at radius 2 is 1.65 bits per heavy atom. The SMILES string of the molecule is Cc1ncnc(C)c1C(=O)N1CC2CN(CCC3(c4ccccc4)CN(C(=O)C4CCCO4)C3)CC2C1. The van der Waals surface area contributed by atoms with Crippen molar-refractivity contribution < 1.29 is 14.3 Å². The van der Waals surface area contributed by atoms with Crippen LogP contribution in [0.2, 0.25) is 0 Å². The predicted molar refractivity (Wildman–Crippen MR) is 139 cm³/mol. The molecular weight excluding hydrogens is 466 g/mol. The third kappa shape index (κ3) is 4.55. The molecule has 2 amide bonds. The number of hydrogen-bond acceptors (Lipinski definition) is 6. The van der Waals surface area contributed by atoms with Crippen molar-refractivity contribution in [3.05, 3.63) is 59.2 Å². The van der Waals surface area contributed by atoms with Gasteiger partial charge < -0.3 is 19.4 Å². The van der Waals surface area contributed by atoms with Gasteiger partial charge in [0.1, 0.15) is 12.4 Å². The Hall–Kier alpha value is -2.84. The number of carbonyl (C=O) groups is 2. The van der Waals surface area contributed by atoms with Crippen LogP contribution in [0.5, 0.6) is 0 Å². The molecule has 4 fully saturated rings. The zero-order valence-corrected chi connectivity index (χ0v) is 21.9. The highest BCUT2D eigenvalue weighted by molar-refractivity contribution is 5.96. The van der Waals surface area contributed by atoms with Crippen molar-refractivity contribution >= 4 is 11.8 Å². The highest BCUT2D eigenvalue weighted by Crippen LogP contribution is 2.40. The standard InChI is InChI=1S/C29H37N5O3/c1-20-26(21(2)31-19-30-20)28(36)33-15-22-13-32(14-23(22)16-33)11-10-29(24-7-4-3-5-8-24)17-34(18-29)27(35)25-9-6-12-37-25/h3-5,7-8,19,22-23,25H,6,9-18H2,1-2H3. The number of carbonyl (C=O) groups excluding carboxylic acids is 2. The van der Waals surface area contributed by atoms with E-state index in [2.05, 4.69) is 45.2 Å². The summed E-state index contributed by atoms with van der Waals surface area (Å²) in [6.07, 6.45) is 4.15. The highest BCUT2D eigenvalue weighted by atomic mass is 16.5. The zero-order valence-electron chi connectivity index (χ0n) is 21.9. The molecule has 3 unspecified atom stereocenters. The second-order valence-electron chi connectivity index (χ2n) is 11.5. The number of hydrogen-bond donors (Lipinski definition) is 0. The molecule has 5 heterocycles. The summed E-state index contributed by atoms with van der Waals surface area (Å²) in [5, 5.41) is 0. The molecule has 196 valence electrons. The molecule has 1 aromatic heterocycles. The van der Waals surface area contributed by atoms with E-state index < -0.39 is 0 Å². The topological polar surface area (TPSA) is 78.9 Å². The Morgan fingerprint density at radius 3 is 2.27 bits per heavy atom. The lowest BCUT2D eigenvalue weighted by Crippen LogP contribution is -2.63. The average Bonchev–Trinajstić information content (AvgIpc) is 3.61. The van der Waals surface area contributed by atoms with Gasteiger partial charge in [0.25, 0.3) is 11.8 Å². The monoisotopic (exact) mass is 503 g/mol. The van der Waals surface area contributed by atoms with Crippen LogP contribution in [0.4, 0.5) is 0 Å². The van der Waals surface area contributed by atoms with Crippen LogP contribution in [-0.2, 0) is 14.9 Å². The van der Waals surface area contributed by atoms with Gasteiger partial charge in [0, 0.05) is 51.3 Å². The maximum Gasteiger partial charge on any atom is 0.257 e. The second-order valence-corrected chi connectivity index (χ2v) is 11.5. The quantitative estimate of drug-likeness (QED) is 0.603. The first kappa shape index (κ1) is 24.5. The molecule has 4 aliphatic rings. The van der Waals surface area contributed by atoms with Gasteiger partial charge in [-0.2, -0.15) is 0 Å². The van der Waals surface area contributed by atoms with Gasteiger partial charge in [0.2, 0.25) is 0 Å². The summed E-state index contributed by atoms with van der Waals surface area (Å²) < 4.78 is 5.66. The van der Waals surface area contributed by atoms with Gasteiger partial charge in [-0.3, -0.25) is 9.59 Å². The third-order valence-corrected chi connectivity index (χ3v) is 9.09. The summed E-state index contributed by atoms with van der Waals surface area (Å²) in [5.74, 6) is 1.27. The maximum absolute atomic E-state index is 13.2. The number of rotatable bonds is 6. The van der Waals surface area contributed by atoms with Crippen LogP contribution in [0.1, 0.15) is 46.6 Å². The molecule has 6 rings (SSSR count). The molecule has 37 heavy (non-hydrogen) atoms. The molecule has 0 aliphatic carbocycles. The third-order valence-electron chi connectivity index (χ3n) is 9.09. The van der Waals surface area contributed by atoms with Crippen molar-refractivity contribution in [2.24, 2.45) is 11.8 Å². The summed E-state index contributed by atoms with van der Waals surface area (Å²) in [7, 11) is 0. The Balaban J connectivity index is 1.06. The molecule has 0 spiro atoms. The number of fused-ring (bicyclic) bond motifs is 1. The molecule has 4 aliphatic heterocycles. The van der Waals surface area contributed by atoms with Crippen molar-refractivity contribution in [2.75, 3.05) is 52.4 Å². The number of amides is 2. The van der Waals surface area contributed by atoms with E-state index in [1.54, 1.807) is 0 Å². The fourth-order valence-electron chi connectivity index (χ4n) is 6.96. The summed E-state index contributed by atoms with van der Waals surface area (Å²) in [6.45, 7) is 10.7. The molecule has 0 bridgehead atoms. The molecule has 8 heteroatoms. The van der Waals surface area contributed by atoms with Crippen molar-refractivity contribution in [2.45, 2.75) is 44.6 Å². The Bertz CT molecular complexity index is 1130. The van der Waals surface area contributed by atoms with Gasteiger partial charge in [-0.05, 0) is 57.1 Å². The minimum absolute atomic E-state index is 0.0115. The van der Waals surface area contributed by atoms with Crippen LogP contribution < -0.4 is 0 Å². The lowest BCUT2D eigenvalue weighted by Gasteiger charge is -2.52. The smallest absolute Gasteiger partial charge is 0.257 e. The molecule has 0 saturated carbocycles. The normalized spacial score (nSPS) is 26.8. The predicted octanol–water partition coefficient (Wildman–Crippen LogP) is 2.45. The van der Waals surface area contributed by atoms with Crippen LogP contribution in [0.25, 0.3) is 0 Å². The average molecular weight is 504 g/mol. The van der Waals surface area contributed by atoms with E-state index in [1.165, 1.54) is 11.9 Å². The summed E-state index contributed by atoms with van der Waals surface area (Å²) in [6, 6.07) is 10.7. The van der Waals surface area contributed by atoms with Crippen molar-refractivity contribution in [3.63, 3.8) is 0 Å². The first-order valence-electron chi connectivity index (χ1n) is 13.7. The fourth-order valence-corrected chi connectivity index (χ4v) is 6.96. The van der Waals surface area contributed by atoms with Crippen LogP contribution >= 0.6 is 0 Å². The molecule has 0 radical (unpaired) electrons. The molecule has 4 saturated heterocycles. The summed E-state index contributed by atoms with van der Waals surface area (Å²) in [4.78, 5) is 41.2. The number of ether oxygens (including phenoxy) is 1. The molecule has 8 nitrogen and oxygen atoms in total. The van der Waals surface area contributed by atoms with E-state index in [0.29, 0.717) is 24.0 Å². The maximum atomic E-state index is 13.2. The van der Waals surface area contributed by atoms with Crippen LogP contribution in [-0.4, -0.2) is 95.0 Å². The Labute approximate surface area is 219 Å². The van der Waals surface area contributed by atoms with Crippen molar-refractivity contribution in [3.8, 4) is 0 Å². The molecular formula is C29H37N5O3. The van der Waals surface area contributed by atoms with Crippen molar-refractivity contribution in [1.82, 2.24) is 24.7 Å². The largest absolute Gasteiger partial charge is 0.368 e. The zero-order chi connectivity index (χ0) is 25.6. The van der Waals surface area contributed by atoms with E-state index in [1.807, 2.05) is 23.6 Å². The van der Waals surface area contributed by atoms with Gasteiger partial charge in [-0.1, -0.05) is 30.3 Å². The molecule has 1 aromatic carbocycles. The van der Waals surface area contributed by atoms with Crippen LogP contribution in [0.15, 0.2) is 36.7 Å². The first-order chi connectivity index (χ1) is 17.9. The van der Waals surface area contributed by atoms with E-state index in [4.69, 9.17) is 4.74 Å². The van der Waals surface area contributed by atoms with Crippen LogP contribution in [0.3, 0.4) is 0 Å². The molecule has 0 N–H and O–H groups in total. The fraction of sp³-hybridized carbons (Fsp3) is 0.586. The minimum Gasteiger partial charge on any atom is -0.368 e.